The van der Waals surface area contributed by atoms with E-state index in [4.69, 9.17) is 5.11 Å². The average Bonchev–Trinajstić information content (AvgIpc) is 3.61. The number of carboxylic acid groups (broad SMARTS) is 1. The normalized spacial score (nSPS) is 16.9. The monoisotopic (exact) mass is 679 g/mol. The summed E-state index contributed by atoms with van der Waals surface area (Å²) in [7, 11) is 0. The lowest BCUT2D eigenvalue weighted by Gasteiger charge is -2.30. The van der Waals surface area contributed by atoms with Gasteiger partial charge in [0, 0.05) is 16.9 Å². The van der Waals surface area contributed by atoms with Gasteiger partial charge in [-0.05, 0) is 99.8 Å². The molecule has 1 aliphatic carbocycles. The summed E-state index contributed by atoms with van der Waals surface area (Å²) >= 11 is 1.35. The van der Waals surface area contributed by atoms with Crippen molar-refractivity contribution in [1.82, 2.24) is 5.32 Å². The van der Waals surface area contributed by atoms with Gasteiger partial charge in [0.1, 0.15) is 0 Å². The highest BCUT2D eigenvalue weighted by atomic mass is 32.1. The zero-order valence-corrected chi connectivity index (χ0v) is 27.0. The molecule has 252 valence electrons. The van der Waals surface area contributed by atoms with E-state index >= 15 is 0 Å². The number of anilines is 2. The summed E-state index contributed by atoms with van der Waals surface area (Å²) in [5, 5.41) is 26.8. The number of aliphatic carboxylic acids is 1. The van der Waals surface area contributed by atoms with Crippen molar-refractivity contribution in [2.45, 2.75) is 57.3 Å². The molecule has 3 amide bonds. The molecule has 4 aromatic rings. The molecular formula is C36H36F3N3O5S. The topological polar surface area (TPSA) is 119 Å². The van der Waals surface area contributed by atoms with Crippen molar-refractivity contribution >= 4 is 40.6 Å². The first-order valence-corrected chi connectivity index (χ1v) is 16.5. The first-order valence-electron chi connectivity index (χ1n) is 15.6. The molecule has 2 unspecified atom stereocenters. The number of thiophene rings is 1. The van der Waals surface area contributed by atoms with Crippen molar-refractivity contribution in [2.24, 2.45) is 5.92 Å². The second-order valence-corrected chi connectivity index (χ2v) is 12.8. The number of hydrogen-bond acceptors (Lipinski definition) is 5. The van der Waals surface area contributed by atoms with Crippen LogP contribution in [0.25, 0.3) is 11.1 Å². The summed E-state index contributed by atoms with van der Waals surface area (Å²) in [5.74, 6) is -1.11. The quantitative estimate of drug-likeness (QED) is 0.135. The molecule has 4 N–H and O–H groups in total. The van der Waals surface area contributed by atoms with E-state index in [0.29, 0.717) is 34.2 Å². The molecule has 3 aromatic carbocycles. The van der Waals surface area contributed by atoms with Crippen molar-refractivity contribution in [3.63, 3.8) is 0 Å². The van der Waals surface area contributed by atoms with Crippen LogP contribution in [0.3, 0.4) is 0 Å². The van der Waals surface area contributed by atoms with E-state index in [-0.39, 0.29) is 17.8 Å². The third-order valence-electron chi connectivity index (χ3n) is 8.65. The number of urea groups is 1. The fourth-order valence-electron chi connectivity index (χ4n) is 5.97. The standard InChI is InChI=1S/C36H36F3N3O5S/c1-22-4-2-3-5-31(22)24-10-12-30(13-11-24)42(20-23-6-8-25(9-7-23)33(44)40-19-32(43)34(45)46)35(47)41-29-17-27(26-14-15-48-21-26)16-28(18-29)36(37,38)39/h6-18,21-22,31-32,43H,2-5,19-20H2,1H3,(H,40,44)(H,41,47)(H,45,46)/t22?,31?,32-/m1/s1. The van der Waals surface area contributed by atoms with Crippen LogP contribution in [-0.2, 0) is 17.5 Å². The molecule has 0 bridgehead atoms. The Morgan fingerprint density at radius 3 is 2.29 bits per heavy atom. The van der Waals surface area contributed by atoms with Crippen molar-refractivity contribution in [3.8, 4) is 11.1 Å². The van der Waals surface area contributed by atoms with Gasteiger partial charge in [0.25, 0.3) is 5.91 Å². The number of hydrogen-bond donors (Lipinski definition) is 4. The SMILES string of the molecule is CC1CCCCC1c1ccc(N(Cc2ccc(C(=O)NC[C@@H](O)C(=O)O)cc2)C(=O)Nc2cc(-c3ccsc3)cc(C(F)(F)F)c2)cc1. The van der Waals surface area contributed by atoms with Gasteiger partial charge in [-0.3, -0.25) is 9.69 Å². The maximum atomic E-state index is 13.9. The summed E-state index contributed by atoms with van der Waals surface area (Å²) in [5.41, 5.74) is 2.58. The van der Waals surface area contributed by atoms with E-state index in [1.54, 1.807) is 29.0 Å². The van der Waals surface area contributed by atoms with Gasteiger partial charge in [-0.2, -0.15) is 24.5 Å². The van der Waals surface area contributed by atoms with E-state index in [2.05, 4.69) is 17.6 Å². The number of nitrogens with zero attached hydrogens (tertiary/aromatic N) is 1. The van der Waals surface area contributed by atoms with Gasteiger partial charge in [-0.1, -0.05) is 50.5 Å². The summed E-state index contributed by atoms with van der Waals surface area (Å²) in [6, 6.07) is 18.5. The average molecular weight is 680 g/mol. The first kappa shape index (κ1) is 34.6. The maximum absolute atomic E-state index is 13.9. The number of aliphatic hydroxyl groups is 1. The van der Waals surface area contributed by atoms with E-state index in [0.717, 1.165) is 31.4 Å². The Balaban J connectivity index is 1.42. The van der Waals surface area contributed by atoms with Crippen LogP contribution < -0.4 is 15.5 Å². The third kappa shape index (κ3) is 8.61. The Labute approximate surface area is 280 Å². The fourth-order valence-corrected chi connectivity index (χ4v) is 6.63. The van der Waals surface area contributed by atoms with E-state index in [9.17, 15) is 32.7 Å². The van der Waals surface area contributed by atoms with Crippen LogP contribution in [-0.4, -0.2) is 40.8 Å². The lowest BCUT2D eigenvalue weighted by molar-refractivity contribution is -0.146. The molecule has 5 rings (SSSR count). The molecule has 3 atom stereocenters. The Morgan fingerprint density at radius 1 is 0.958 bits per heavy atom. The van der Waals surface area contributed by atoms with Gasteiger partial charge in [-0.25, -0.2) is 9.59 Å². The van der Waals surface area contributed by atoms with Gasteiger partial charge in [0.15, 0.2) is 6.10 Å². The second-order valence-electron chi connectivity index (χ2n) is 12.0. The van der Waals surface area contributed by atoms with Crippen LogP contribution in [0.1, 0.15) is 65.6 Å². The van der Waals surface area contributed by atoms with E-state index < -0.39 is 42.3 Å². The number of nitrogens with one attached hydrogen (secondary N) is 2. The number of amides is 3. The Morgan fingerprint density at radius 2 is 1.67 bits per heavy atom. The molecule has 1 aromatic heterocycles. The molecule has 8 nitrogen and oxygen atoms in total. The zero-order valence-electron chi connectivity index (χ0n) is 26.2. The Bertz CT molecular complexity index is 1730. The Hall–Kier alpha value is -4.68. The largest absolute Gasteiger partial charge is 0.479 e. The van der Waals surface area contributed by atoms with Gasteiger partial charge < -0.3 is 20.8 Å². The molecule has 48 heavy (non-hydrogen) atoms. The molecule has 0 spiro atoms. The number of alkyl halides is 3. The van der Waals surface area contributed by atoms with Gasteiger partial charge in [-0.15, -0.1) is 0 Å². The maximum Gasteiger partial charge on any atom is 0.416 e. The number of aliphatic hydroxyl groups excluding tert-OH is 1. The minimum atomic E-state index is -4.63. The fraction of sp³-hybridized carbons (Fsp3) is 0.306. The minimum absolute atomic E-state index is 0.00996. The molecule has 1 aliphatic rings. The number of rotatable bonds is 10. The van der Waals surface area contributed by atoms with Crippen LogP contribution in [0.5, 0.6) is 0 Å². The van der Waals surface area contributed by atoms with Crippen molar-refractivity contribution in [2.75, 3.05) is 16.8 Å². The zero-order chi connectivity index (χ0) is 34.4. The Kier molecular flexibility index (Phi) is 10.9. The van der Waals surface area contributed by atoms with E-state index in [1.807, 2.05) is 24.3 Å². The number of carbonyl (C=O) groups is 3. The summed E-state index contributed by atoms with van der Waals surface area (Å²) < 4.78 is 41.6. The summed E-state index contributed by atoms with van der Waals surface area (Å²) in [6.07, 6.45) is -1.77. The molecule has 0 radical (unpaired) electrons. The predicted octanol–water partition coefficient (Wildman–Crippen LogP) is 8.14. The minimum Gasteiger partial charge on any atom is -0.479 e. The molecule has 0 aliphatic heterocycles. The van der Waals surface area contributed by atoms with Crippen LogP contribution in [0.2, 0.25) is 0 Å². The predicted molar refractivity (Wildman–Crippen MR) is 179 cm³/mol. The first-order chi connectivity index (χ1) is 22.9. The van der Waals surface area contributed by atoms with Crippen molar-refractivity contribution in [3.05, 3.63) is 106 Å². The van der Waals surface area contributed by atoms with Crippen molar-refractivity contribution < 1.29 is 37.8 Å². The third-order valence-corrected chi connectivity index (χ3v) is 9.34. The number of benzene rings is 3. The molecular weight excluding hydrogens is 643 g/mol. The highest BCUT2D eigenvalue weighted by Gasteiger charge is 2.32. The molecule has 1 fully saturated rings. The number of halogens is 3. The second kappa shape index (κ2) is 15.0. The summed E-state index contributed by atoms with van der Waals surface area (Å²) in [6.45, 7) is 1.80. The number of carboxylic acids is 1. The lowest BCUT2D eigenvalue weighted by atomic mass is 9.76. The molecule has 0 saturated heterocycles. The summed E-state index contributed by atoms with van der Waals surface area (Å²) in [4.78, 5) is 38.6. The molecule has 1 heterocycles. The van der Waals surface area contributed by atoms with Gasteiger partial charge in [0.2, 0.25) is 0 Å². The van der Waals surface area contributed by atoms with Crippen LogP contribution in [0.4, 0.5) is 29.3 Å². The van der Waals surface area contributed by atoms with Crippen LogP contribution in [0.15, 0.2) is 83.6 Å². The molecule has 12 heteroatoms. The molecule has 1 saturated carbocycles. The van der Waals surface area contributed by atoms with Crippen molar-refractivity contribution in [1.29, 1.82) is 0 Å². The van der Waals surface area contributed by atoms with Crippen LogP contribution >= 0.6 is 11.3 Å². The highest BCUT2D eigenvalue weighted by Crippen LogP contribution is 2.39. The van der Waals surface area contributed by atoms with E-state index in [1.165, 1.54) is 46.4 Å². The lowest BCUT2D eigenvalue weighted by Crippen LogP contribution is -2.36. The highest BCUT2D eigenvalue weighted by molar-refractivity contribution is 7.08. The van der Waals surface area contributed by atoms with Gasteiger partial charge >= 0.3 is 18.2 Å². The number of carbonyl (C=O) groups excluding carboxylic acids is 2. The van der Waals surface area contributed by atoms with Gasteiger partial charge in [0.05, 0.1) is 18.7 Å². The smallest absolute Gasteiger partial charge is 0.416 e. The van der Waals surface area contributed by atoms with Crippen LogP contribution in [0, 0.1) is 5.92 Å².